The highest BCUT2D eigenvalue weighted by Gasteiger charge is 2.11. The van der Waals surface area contributed by atoms with Gasteiger partial charge in [0.1, 0.15) is 5.69 Å². The second-order valence-corrected chi connectivity index (χ2v) is 3.60. The van der Waals surface area contributed by atoms with Crippen LogP contribution in [0.5, 0.6) is 0 Å². The maximum atomic E-state index is 11.2. The van der Waals surface area contributed by atoms with Crippen molar-refractivity contribution in [2.45, 2.75) is 6.92 Å². The summed E-state index contributed by atoms with van der Waals surface area (Å²) in [5.41, 5.74) is 3.79. The molecule has 2 aromatic rings. The Morgan fingerprint density at radius 1 is 1.60 bits per heavy atom. The summed E-state index contributed by atoms with van der Waals surface area (Å²) in [4.78, 5) is 15.3. The molecular formula is C9H9ClN4O. The van der Waals surface area contributed by atoms with Crippen molar-refractivity contribution in [3.05, 3.63) is 34.7 Å². The van der Waals surface area contributed by atoms with Crippen molar-refractivity contribution < 1.29 is 4.79 Å². The number of nitrogens with one attached hydrogen (secondary N) is 1. The van der Waals surface area contributed by atoms with Crippen molar-refractivity contribution in [3.8, 4) is 0 Å². The minimum atomic E-state index is -0.438. The van der Waals surface area contributed by atoms with Crippen molar-refractivity contribution >= 4 is 23.2 Å². The molecule has 0 bridgehead atoms. The smallest absolute Gasteiger partial charge is 0.285 e. The summed E-state index contributed by atoms with van der Waals surface area (Å²) in [7, 11) is 0. The van der Waals surface area contributed by atoms with Crippen LogP contribution in [0, 0.1) is 6.92 Å². The number of pyridine rings is 1. The van der Waals surface area contributed by atoms with Gasteiger partial charge in [-0.2, -0.15) is 0 Å². The molecule has 2 heterocycles. The van der Waals surface area contributed by atoms with Gasteiger partial charge in [-0.15, -0.1) is 0 Å². The summed E-state index contributed by atoms with van der Waals surface area (Å²) in [6, 6.07) is 1.79. The van der Waals surface area contributed by atoms with E-state index in [4.69, 9.17) is 17.4 Å². The monoisotopic (exact) mass is 224 g/mol. The van der Waals surface area contributed by atoms with Crippen LogP contribution in [0.2, 0.25) is 5.02 Å². The second-order valence-electron chi connectivity index (χ2n) is 3.20. The normalized spacial score (nSPS) is 10.6. The Morgan fingerprint density at radius 3 is 3.00 bits per heavy atom. The van der Waals surface area contributed by atoms with E-state index >= 15 is 0 Å². The molecule has 0 saturated heterocycles. The Bertz CT molecular complexity index is 534. The molecule has 0 fully saturated rings. The number of rotatable bonds is 1. The van der Waals surface area contributed by atoms with E-state index < -0.39 is 5.91 Å². The van der Waals surface area contributed by atoms with Crippen LogP contribution in [-0.2, 0) is 0 Å². The fourth-order valence-electron chi connectivity index (χ4n) is 1.37. The van der Waals surface area contributed by atoms with Crippen molar-refractivity contribution in [1.29, 1.82) is 0 Å². The van der Waals surface area contributed by atoms with Gasteiger partial charge in [-0.1, -0.05) is 11.6 Å². The number of halogens is 1. The predicted octanol–water partition coefficient (Wildman–Crippen LogP) is 0.900. The first-order valence-electron chi connectivity index (χ1n) is 4.27. The third-order valence-electron chi connectivity index (χ3n) is 2.01. The first-order valence-corrected chi connectivity index (χ1v) is 4.65. The summed E-state index contributed by atoms with van der Waals surface area (Å²) in [5.74, 6) is 4.57. The van der Waals surface area contributed by atoms with E-state index in [1.54, 1.807) is 16.7 Å². The van der Waals surface area contributed by atoms with Crippen LogP contribution >= 0.6 is 11.6 Å². The molecular weight excluding hydrogens is 216 g/mol. The molecule has 0 spiro atoms. The summed E-state index contributed by atoms with van der Waals surface area (Å²) in [6.07, 6.45) is 3.41. The van der Waals surface area contributed by atoms with Gasteiger partial charge in [0.05, 0.1) is 5.02 Å². The first-order chi connectivity index (χ1) is 7.11. The molecule has 6 heteroatoms. The van der Waals surface area contributed by atoms with Gasteiger partial charge in [-0.25, -0.2) is 10.8 Å². The maximum absolute atomic E-state index is 11.2. The molecule has 0 atom stereocenters. The third kappa shape index (κ3) is 1.67. The molecule has 0 aliphatic rings. The third-order valence-corrected chi connectivity index (χ3v) is 2.28. The summed E-state index contributed by atoms with van der Waals surface area (Å²) < 4.78 is 1.70. The predicted molar refractivity (Wildman–Crippen MR) is 56.6 cm³/mol. The van der Waals surface area contributed by atoms with E-state index in [0.29, 0.717) is 10.7 Å². The quantitative estimate of drug-likeness (QED) is 0.430. The Balaban J connectivity index is 2.65. The number of nitrogens with two attached hydrogens (primary N) is 1. The zero-order valence-corrected chi connectivity index (χ0v) is 8.75. The lowest BCUT2D eigenvalue weighted by Gasteiger charge is -1.97. The number of aryl methyl sites for hydroxylation is 1. The summed E-state index contributed by atoms with van der Waals surface area (Å²) in [6.45, 7) is 1.91. The summed E-state index contributed by atoms with van der Waals surface area (Å²) in [5, 5.41) is 0.506. The van der Waals surface area contributed by atoms with E-state index in [0.717, 1.165) is 5.56 Å². The van der Waals surface area contributed by atoms with Crippen LogP contribution < -0.4 is 11.3 Å². The van der Waals surface area contributed by atoms with Crippen molar-refractivity contribution in [3.63, 3.8) is 0 Å². The van der Waals surface area contributed by atoms with E-state index in [-0.39, 0.29) is 5.69 Å². The molecule has 0 aromatic carbocycles. The average molecular weight is 225 g/mol. The van der Waals surface area contributed by atoms with Gasteiger partial charge in [-0.05, 0) is 18.6 Å². The minimum absolute atomic E-state index is 0.241. The van der Waals surface area contributed by atoms with Crippen LogP contribution in [0.4, 0.5) is 0 Å². The molecule has 5 nitrogen and oxygen atoms in total. The molecule has 15 heavy (non-hydrogen) atoms. The van der Waals surface area contributed by atoms with Crippen LogP contribution in [0.15, 0.2) is 18.5 Å². The molecule has 3 N–H and O–H groups in total. The molecule has 2 rings (SSSR count). The number of nitrogen functional groups attached to an aromatic ring is 1. The zero-order chi connectivity index (χ0) is 11.0. The van der Waals surface area contributed by atoms with Crippen LogP contribution in [-0.4, -0.2) is 15.3 Å². The van der Waals surface area contributed by atoms with Crippen LogP contribution in [0.1, 0.15) is 16.1 Å². The number of carbonyl (C=O) groups excluding carboxylic acids is 1. The molecule has 78 valence electrons. The minimum Gasteiger partial charge on any atom is -0.305 e. The molecule has 1 amide bonds. The average Bonchev–Trinajstić information content (AvgIpc) is 2.60. The largest absolute Gasteiger partial charge is 0.305 e. The fraction of sp³-hybridized carbons (Fsp3) is 0.111. The molecule has 0 radical (unpaired) electrons. The second kappa shape index (κ2) is 3.52. The van der Waals surface area contributed by atoms with Gasteiger partial charge in [0, 0.05) is 12.4 Å². The lowest BCUT2D eigenvalue weighted by atomic mass is 10.3. The standard InChI is InChI=1S/C9H9ClN4O/c1-5-2-6(10)8-12-7(9(15)13-11)4-14(8)3-5/h2-4H,11H2,1H3,(H,13,15). The Kier molecular flexibility index (Phi) is 2.34. The topological polar surface area (TPSA) is 72.4 Å². The molecule has 0 saturated carbocycles. The number of hydrazine groups is 1. The highest BCUT2D eigenvalue weighted by atomic mass is 35.5. The lowest BCUT2D eigenvalue weighted by Crippen LogP contribution is -2.30. The number of fused-ring (bicyclic) bond motifs is 1. The van der Waals surface area contributed by atoms with Crippen LogP contribution in [0.25, 0.3) is 5.65 Å². The molecule has 0 unspecified atom stereocenters. The fourth-order valence-corrected chi connectivity index (χ4v) is 1.69. The highest BCUT2D eigenvalue weighted by Crippen LogP contribution is 2.18. The number of hydrogen-bond donors (Lipinski definition) is 2. The first kappa shape index (κ1) is 9.95. The number of aromatic nitrogens is 2. The molecule has 0 aliphatic carbocycles. The van der Waals surface area contributed by atoms with Gasteiger partial charge >= 0.3 is 0 Å². The van der Waals surface area contributed by atoms with E-state index in [1.165, 1.54) is 0 Å². The zero-order valence-electron chi connectivity index (χ0n) is 7.99. The molecule has 0 aliphatic heterocycles. The number of imidazole rings is 1. The Morgan fingerprint density at radius 2 is 2.33 bits per heavy atom. The van der Waals surface area contributed by atoms with Crippen molar-refractivity contribution in [2.75, 3.05) is 0 Å². The summed E-state index contributed by atoms with van der Waals surface area (Å²) >= 11 is 5.98. The number of carbonyl (C=O) groups is 1. The van der Waals surface area contributed by atoms with E-state index in [2.05, 4.69) is 4.98 Å². The van der Waals surface area contributed by atoms with Gasteiger partial charge in [0.25, 0.3) is 5.91 Å². The van der Waals surface area contributed by atoms with Crippen LogP contribution in [0.3, 0.4) is 0 Å². The van der Waals surface area contributed by atoms with Gasteiger partial charge in [0.2, 0.25) is 0 Å². The number of nitrogens with zero attached hydrogens (tertiary/aromatic N) is 2. The van der Waals surface area contributed by atoms with Crippen molar-refractivity contribution in [2.24, 2.45) is 5.84 Å². The Labute approximate surface area is 90.8 Å². The SMILES string of the molecule is Cc1cc(Cl)c2nc(C(=O)NN)cn2c1. The van der Waals surface area contributed by atoms with E-state index in [9.17, 15) is 4.79 Å². The van der Waals surface area contributed by atoms with Gasteiger partial charge in [-0.3, -0.25) is 10.2 Å². The van der Waals surface area contributed by atoms with Gasteiger partial charge in [0.15, 0.2) is 5.65 Å². The van der Waals surface area contributed by atoms with Gasteiger partial charge < -0.3 is 4.40 Å². The van der Waals surface area contributed by atoms with Crippen molar-refractivity contribution in [1.82, 2.24) is 14.8 Å². The maximum Gasteiger partial charge on any atom is 0.285 e. The number of hydrogen-bond acceptors (Lipinski definition) is 3. The Hall–Kier alpha value is -1.59. The number of amides is 1. The lowest BCUT2D eigenvalue weighted by molar-refractivity contribution is 0.0949. The highest BCUT2D eigenvalue weighted by molar-refractivity contribution is 6.33. The van der Waals surface area contributed by atoms with E-state index in [1.807, 2.05) is 18.5 Å². The molecule has 2 aromatic heterocycles.